The summed E-state index contributed by atoms with van der Waals surface area (Å²) < 4.78 is 14.2. The molecule has 0 aliphatic carbocycles. The maximum Gasteiger partial charge on any atom is 0.128 e. The molecule has 1 nitrogen and oxygen atoms in total. The van der Waals surface area contributed by atoms with Crippen LogP contribution in [0.1, 0.15) is 51.5 Å². The van der Waals surface area contributed by atoms with Crippen molar-refractivity contribution in [2.75, 3.05) is 6.54 Å². The molecule has 0 saturated carbocycles. The second kappa shape index (κ2) is 5.83. The molecule has 1 aromatic carbocycles. The van der Waals surface area contributed by atoms with Crippen molar-refractivity contribution >= 4 is 0 Å². The molecular formula is C16H24FN. The summed E-state index contributed by atoms with van der Waals surface area (Å²) in [7, 11) is 0. The Bertz CT molecular complexity index is 378. The van der Waals surface area contributed by atoms with Crippen molar-refractivity contribution in [3.63, 3.8) is 0 Å². The van der Waals surface area contributed by atoms with Gasteiger partial charge in [-0.2, -0.15) is 0 Å². The summed E-state index contributed by atoms with van der Waals surface area (Å²) in [5.74, 6) is 0.503. The first kappa shape index (κ1) is 13.5. The van der Waals surface area contributed by atoms with E-state index in [4.69, 9.17) is 0 Å². The van der Waals surface area contributed by atoms with Gasteiger partial charge in [-0.25, -0.2) is 4.39 Å². The zero-order valence-electron chi connectivity index (χ0n) is 11.5. The van der Waals surface area contributed by atoms with Crippen molar-refractivity contribution in [2.24, 2.45) is 5.92 Å². The van der Waals surface area contributed by atoms with Gasteiger partial charge in [0, 0.05) is 11.1 Å². The first-order valence-corrected chi connectivity index (χ1v) is 7.14. The summed E-state index contributed by atoms with van der Waals surface area (Å²) in [4.78, 5) is 0. The third kappa shape index (κ3) is 2.92. The lowest BCUT2D eigenvalue weighted by atomic mass is 9.79. The Hall–Kier alpha value is -0.890. The molecule has 1 atom stereocenters. The van der Waals surface area contributed by atoms with Gasteiger partial charge in [0.25, 0.3) is 0 Å². The van der Waals surface area contributed by atoms with Crippen LogP contribution in [-0.2, 0) is 5.54 Å². The van der Waals surface area contributed by atoms with Crippen LogP contribution < -0.4 is 5.32 Å². The largest absolute Gasteiger partial charge is 0.307 e. The van der Waals surface area contributed by atoms with Crippen molar-refractivity contribution < 1.29 is 4.39 Å². The average Bonchev–Trinajstić information content (AvgIpc) is 2.55. The minimum absolute atomic E-state index is 0.0625. The van der Waals surface area contributed by atoms with E-state index in [1.165, 1.54) is 19.3 Å². The van der Waals surface area contributed by atoms with Crippen LogP contribution in [0.5, 0.6) is 0 Å². The van der Waals surface area contributed by atoms with E-state index in [0.717, 1.165) is 24.9 Å². The van der Waals surface area contributed by atoms with Gasteiger partial charge in [0.05, 0.1) is 0 Å². The van der Waals surface area contributed by atoms with Crippen molar-refractivity contribution in [1.82, 2.24) is 5.32 Å². The van der Waals surface area contributed by atoms with Gasteiger partial charge < -0.3 is 5.32 Å². The maximum absolute atomic E-state index is 14.2. The van der Waals surface area contributed by atoms with Crippen LogP contribution >= 0.6 is 0 Å². The fraction of sp³-hybridized carbons (Fsp3) is 0.625. The highest BCUT2D eigenvalue weighted by molar-refractivity contribution is 5.27. The molecule has 1 aromatic rings. The molecule has 0 radical (unpaired) electrons. The van der Waals surface area contributed by atoms with E-state index < -0.39 is 0 Å². The number of benzene rings is 1. The zero-order valence-corrected chi connectivity index (χ0v) is 11.5. The van der Waals surface area contributed by atoms with Crippen molar-refractivity contribution in [1.29, 1.82) is 0 Å². The highest BCUT2D eigenvalue weighted by Gasteiger charge is 2.35. The van der Waals surface area contributed by atoms with Gasteiger partial charge >= 0.3 is 0 Å². The molecular weight excluding hydrogens is 225 g/mol. The van der Waals surface area contributed by atoms with E-state index in [0.29, 0.717) is 5.92 Å². The molecule has 0 amide bonds. The summed E-state index contributed by atoms with van der Waals surface area (Å²) in [6.07, 6.45) is 5.70. The van der Waals surface area contributed by atoms with Crippen LogP contribution in [0.15, 0.2) is 24.3 Å². The van der Waals surface area contributed by atoms with Crippen molar-refractivity contribution in [3.05, 3.63) is 35.6 Å². The van der Waals surface area contributed by atoms with Crippen LogP contribution in [0.4, 0.5) is 4.39 Å². The Morgan fingerprint density at radius 2 is 2.00 bits per heavy atom. The molecule has 1 fully saturated rings. The van der Waals surface area contributed by atoms with Crippen LogP contribution in [0.25, 0.3) is 0 Å². The molecule has 1 heterocycles. The molecule has 18 heavy (non-hydrogen) atoms. The Morgan fingerprint density at radius 3 is 2.72 bits per heavy atom. The topological polar surface area (TPSA) is 12.0 Å². The van der Waals surface area contributed by atoms with E-state index in [2.05, 4.69) is 19.2 Å². The Kier molecular flexibility index (Phi) is 4.39. The highest BCUT2D eigenvalue weighted by atomic mass is 19.1. The van der Waals surface area contributed by atoms with Gasteiger partial charge in [-0.1, -0.05) is 44.9 Å². The normalized spacial score (nSPS) is 25.1. The molecule has 0 bridgehead atoms. The molecule has 1 aliphatic rings. The summed E-state index contributed by atoms with van der Waals surface area (Å²) in [5, 5.41) is 3.64. The molecule has 2 rings (SSSR count). The number of halogens is 1. The van der Waals surface area contributed by atoms with Crippen LogP contribution in [0, 0.1) is 11.7 Å². The van der Waals surface area contributed by atoms with E-state index in [1.54, 1.807) is 12.1 Å². The summed E-state index contributed by atoms with van der Waals surface area (Å²) >= 11 is 0. The lowest BCUT2D eigenvalue weighted by molar-refractivity contribution is 0.255. The van der Waals surface area contributed by atoms with Crippen LogP contribution in [0.2, 0.25) is 0 Å². The third-order valence-electron chi connectivity index (χ3n) is 3.89. The van der Waals surface area contributed by atoms with Gasteiger partial charge in [0.2, 0.25) is 0 Å². The third-order valence-corrected chi connectivity index (χ3v) is 3.89. The minimum Gasteiger partial charge on any atom is -0.307 e. The Labute approximate surface area is 110 Å². The standard InChI is InChI=1S/C16H24FN/c1-13(2)12-16(10-6-3-7-11-18-16)14-8-4-5-9-15(14)17/h4-5,8-9,13,18H,3,6-7,10-12H2,1-2H3. The maximum atomic E-state index is 14.2. The van der Waals surface area contributed by atoms with Gasteiger partial charge in [0.1, 0.15) is 5.82 Å². The Morgan fingerprint density at radius 1 is 1.22 bits per heavy atom. The number of rotatable bonds is 3. The number of hydrogen-bond acceptors (Lipinski definition) is 1. The van der Waals surface area contributed by atoms with Crippen molar-refractivity contribution in [2.45, 2.75) is 51.5 Å². The van der Waals surface area contributed by atoms with Gasteiger partial charge in [-0.05, 0) is 37.8 Å². The summed E-state index contributed by atoms with van der Waals surface area (Å²) in [6, 6.07) is 7.27. The lowest BCUT2D eigenvalue weighted by Gasteiger charge is -2.36. The van der Waals surface area contributed by atoms with Gasteiger partial charge in [-0.3, -0.25) is 0 Å². The van der Waals surface area contributed by atoms with E-state index in [1.807, 2.05) is 12.1 Å². The molecule has 1 N–H and O–H groups in total. The fourth-order valence-electron chi connectivity index (χ4n) is 3.20. The zero-order chi connectivity index (χ0) is 13.0. The molecule has 1 aliphatic heterocycles. The first-order valence-electron chi connectivity index (χ1n) is 7.14. The second-order valence-electron chi connectivity index (χ2n) is 5.90. The van der Waals surface area contributed by atoms with Gasteiger partial charge in [0.15, 0.2) is 0 Å². The molecule has 0 aromatic heterocycles. The van der Waals surface area contributed by atoms with E-state index in [-0.39, 0.29) is 11.4 Å². The smallest absolute Gasteiger partial charge is 0.128 e. The molecule has 2 heteroatoms. The van der Waals surface area contributed by atoms with Crippen LogP contribution in [-0.4, -0.2) is 6.54 Å². The molecule has 100 valence electrons. The highest BCUT2D eigenvalue weighted by Crippen LogP contribution is 2.36. The fourth-order valence-corrected chi connectivity index (χ4v) is 3.20. The molecule has 0 spiro atoms. The SMILES string of the molecule is CC(C)CC1(c2ccccc2F)CCCCCN1. The predicted octanol–water partition coefficient (Wildman–Crippen LogP) is 4.23. The Balaban J connectivity index is 2.37. The van der Waals surface area contributed by atoms with Crippen molar-refractivity contribution in [3.8, 4) is 0 Å². The average molecular weight is 249 g/mol. The molecule has 1 saturated heterocycles. The number of nitrogens with one attached hydrogen (secondary N) is 1. The van der Waals surface area contributed by atoms with E-state index in [9.17, 15) is 4.39 Å². The second-order valence-corrected chi connectivity index (χ2v) is 5.90. The number of hydrogen-bond donors (Lipinski definition) is 1. The van der Waals surface area contributed by atoms with E-state index >= 15 is 0 Å². The van der Waals surface area contributed by atoms with Crippen LogP contribution in [0.3, 0.4) is 0 Å². The summed E-state index contributed by atoms with van der Waals surface area (Å²) in [6.45, 7) is 5.44. The minimum atomic E-state index is -0.157. The molecule has 1 unspecified atom stereocenters. The first-order chi connectivity index (χ1) is 8.64. The lowest BCUT2D eigenvalue weighted by Crippen LogP contribution is -2.43. The quantitative estimate of drug-likeness (QED) is 0.845. The van der Waals surface area contributed by atoms with Gasteiger partial charge in [-0.15, -0.1) is 0 Å². The monoisotopic (exact) mass is 249 g/mol. The summed E-state index contributed by atoms with van der Waals surface area (Å²) in [5.41, 5.74) is 0.705. The predicted molar refractivity (Wildman–Crippen MR) is 74.0 cm³/mol.